The van der Waals surface area contributed by atoms with Gasteiger partial charge in [-0.2, -0.15) is 0 Å². The molecule has 0 saturated heterocycles. The summed E-state index contributed by atoms with van der Waals surface area (Å²) < 4.78 is 24.1. The summed E-state index contributed by atoms with van der Waals surface area (Å²) in [6.45, 7) is 0. The largest absolute Gasteiger partial charge is 0.497 e. The Morgan fingerprint density at radius 3 is 2.45 bits per heavy atom. The van der Waals surface area contributed by atoms with Crippen LogP contribution in [0.1, 0.15) is 17.2 Å². The van der Waals surface area contributed by atoms with Crippen LogP contribution in [0.3, 0.4) is 0 Å². The van der Waals surface area contributed by atoms with E-state index >= 15 is 0 Å². The summed E-state index contributed by atoms with van der Waals surface area (Å²) in [5.74, 6) is 0.473. The van der Waals surface area contributed by atoms with Crippen LogP contribution in [0, 0.1) is 5.82 Å². The fourth-order valence-corrected chi connectivity index (χ4v) is 2.12. The van der Waals surface area contributed by atoms with Gasteiger partial charge in [-0.1, -0.05) is 11.6 Å². The van der Waals surface area contributed by atoms with Crippen molar-refractivity contribution in [2.45, 2.75) is 6.10 Å². The minimum Gasteiger partial charge on any atom is -0.497 e. The Morgan fingerprint density at radius 2 is 1.80 bits per heavy atom. The fourth-order valence-electron chi connectivity index (χ4n) is 1.94. The van der Waals surface area contributed by atoms with Gasteiger partial charge >= 0.3 is 0 Å². The van der Waals surface area contributed by atoms with E-state index in [1.165, 1.54) is 32.4 Å². The third-order valence-electron chi connectivity index (χ3n) is 2.99. The van der Waals surface area contributed by atoms with Crippen molar-refractivity contribution in [1.82, 2.24) is 0 Å². The zero-order valence-corrected chi connectivity index (χ0v) is 11.8. The van der Waals surface area contributed by atoms with Gasteiger partial charge in [0.05, 0.1) is 14.2 Å². The summed E-state index contributed by atoms with van der Waals surface area (Å²) in [5, 5.41) is 10.7. The van der Waals surface area contributed by atoms with Crippen LogP contribution in [0.25, 0.3) is 0 Å². The standard InChI is InChI=1S/C15H14ClFO3/c1-19-10-4-5-11(14(8-10)20-2)15(18)12-7-9(16)3-6-13(12)17/h3-8,15,18H,1-2H3. The van der Waals surface area contributed by atoms with Crippen molar-refractivity contribution in [3.8, 4) is 11.5 Å². The fraction of sp³-hybridized carbons (Fsp3) is 0.200. The van der Waals surface area contributed by atoms with Crippen LogP contribution >= 0.6 is 11.6 Å². The summed E-state index contributed by atoms with van der Waals surface area (Å²) in [7, 11) is 3.00. The van der Waals surface area contributed by atoms with Gasteiger partial charge in [0.2, 0.25) is 0 Å². The predicted octanol–water partition coefficient (Wildman–Crippen LogP) is 3.58. The maximum absolute atomic E-state index is 13.8. The molecule has 5 heteroatoms. The van der Waals surface area contributed by atoms with Crippen molar-refractivity contribution in [3.63, 3.8) is 0 Å². The zero-order chi connectivity index (χ0) is 14.7. The van der Waals surface area contributed by atoms with Crippen LogP contribution in [0.2, 0.25) is 5.02 Å². The van der Waals surface area contributed by atoms with Gasteiger partial charge in [-0.3, -0.25) is 0 Å². The Kier molecular flexibility index (Phi) is 4.47. The number of ether oxygens (including phenoxy) is 2. The Morgan fingerprint density at radius 1 is 1.05 bits per heavy atom. The molecule has 0 aliphatic heterocycles. The highest BCUT2D eigenvalue weighted by molar-refractivity contribution is 6.30. The van der Waals surface area contributed by atoms with Crippen molar-refractivity contribution in [1.29, 1.82) is 0 Å². The molecule has 0 aliphatic carbocycles. The average Bonchev–Trinajstić information content (AvgIpc) is 2.48. The topological polar surface area (TPSA) is 38.7 Å². The van der Waals surface area contributed by atoms with Gasteiger partial charge in [-0.15, -0.1) is 0 Å². The lowest BCUT2D eigenvalue weighted by Gasteiger charge is -2.17. The second-order valence-electron chi connectivity index (χ2n) is 4.18. The SMILES string of the molecule is COc1ccc(C(O)c2cc(Cl)ccc2F)c(OC)c1. The second kappa shape index (κ2) is 6.11. The molecule has 0 bridgehead atoms. The van der Waals surface area contributed by atoms with Crippen molar-refractivity contribution in [2.24, 2.45) is 0 Å². The molecule has 2 rings (SSSR count). The van der Waals surface area contributed by atoms with Crippen molar-refractivity contribution < 1.29 is 19.0 Å². The number of rotatable bonds is 4. The number of benzene rings is 2. The molecule has 0 amide bonds. The molecule has 2 aromatic rings. The Balaban J connectivity index is 2.47. The smallest absolute Gasteiger partial charge is 0.129 e. The van der Waals surface area contributed by atoms with Gasteiger partial charge in [-0.25, -0.2) is 4.39 Å². The maximum Gasteiger partial charge on any atom is 0.129 e. The molecule has 20 heavy (non-hydrogen) atoms. The lowest BCUT2D eigenvalue weighted by atomic mass is 10.00. The average molecular weight is 297 g/mol. The van der Waals surface area contributed by atoms with Crippen LogP contribution in [0.15, 0.2) is 36.4 Å². The molecular weight excluding hydrogens is 283 g/mol. The molecule has 1 N–H and O–H groups in total. The van der Waals surface area contributed by atoms with Gasteiger partial charge in [0.1, 0.15) is 23.4 Å². The Bertz CT molecular complexity index is 616. The third kappa shape index (κ3) is 2.86. The molecule has 1 atom stereocenters. The quantitative estimate of drug-likeness (QED) is 0.937. The molecule has 3 nitrogen and oxygen atoms in total. The first kappa shape index (κ1) is 14.6. The van der Waals surface area contributed by atoms with E-state index in [-0.39, 0.29) is 5.56 Å². The minimum atomic E-state index is -1.17. The third-order valence-corrected chi connectivity index (χ3v) is 3.22. The summed E-state index contributed by atoms with van der Waals surface area (Å²) >= 11 is 5.84. The molecule has 2 aromatic carbocycles. The summed E-state index contributed by atoms with van der Waals surface area (Å²) in [6.07, 6.45) is -1.17. The van der Waals surface area contributed by atoms with Crippen molar-refractivity contribution >= 4 is 11.6 Å². The highest BCUT2D eigenvalue weighted by atomic mass is 35.5. The molecule has 0 aliphatic rings. The molecular formula is C15H14ClFO3. The molecule has 0 saturated carbocycles. The van der Waals surface area contributed by atoms with Gasteiger partial charge < -0.3 is 14.6 Å². The van der Waals surface area contributed by atoms with Gasteiger partial charge in [0.15, 0.2) is 0 Å². The molecule has 0 spiro atoms. The maximum atomic E-state index is 13.8. The van der Waals surface area contributed by atoms with Crippen LogP contribution in [0.4, 0.5) is 4.39 Å². The van der Waals surface area contributed by atoms with E-state index < -0.39 is 11.9 Å². The van der Waals surface area contributed by atoms with E-state index in [9.17, 15) is 9.50 Å². The summed E-state index contributed by atoms with van der Waals surface area (Å²) in [6, 6.07) is 8.97. The number of methoxy groups -OCH3 is 2. The van der Waals surface area contributed by atoms with E-state index in [0.717, 1.165) is 0 Å². The number of halogens is 2. The molecule has 106 valence electrons. The van der Waals surface area contributed by atoms with E-state index in [1.54, 1.807) is 18.2 Å². The first-order valence-electron chi connectivity index (χ1n) is 5.91. The molecule has 0 aromatic heterocycles. The normalized spacial score (nSPS) is 12.1. The highest BCUT2D eigenvalue weighted by Crippen LogP contribution is 2.34. The lowest BCUT2D eigenvalue weighted by Crippen LogP contribution is -2.05. The second-order valence-corrected chi connectivity index (χ2v) is 4.61. The van der Waals surface area contributed by atoms with Crippen molar-refractivity contribution in [2.75, 3.05) is 14.2 Å². The van der Waals surface area contributed by atoms with Crippen LogP contribution < -0.4 is 9.47 Å². The summed E-state index contributed by atoms with van der Waals surface area (Å²) in [4.78, 5) is 0. The first-order chi connectivity index (χ1) is 9.56. The molecule has 0 radical (unpaired) electrons. The van der Waals surface area contributed by atoms with E-state index in [1.807, 2.05) is 0 Å². The molecule has 0 heterocycles. The van der Waals surface area contributed by atoms with E-state index in [4.69, 9.17) is 21.1 Å². The van der Waals surface area contributed by atoms with Gasteiger partial charge in [0, 0.05) is 22.2 Å². The predicted molar refractivity (Wildman–Crippen MR) is 75.0 cm³/mol. The van der Waals surface area contributed by atoms with E-state index in [2.05, 4.69) is 0 Å². The minimum absolute atomic E-state index is 0.0981. The van der Waals surface area contributed by atoms with Crippen LogP contribution in [-0.4, -0.2) is 19.3 Å². The first-order valence-corrected chi connectivity index (χ1v) is 6.29. The van der Waals surface area contributed by atoms with Gasteiger partial charge in [-0.05, 0) is 30.3 Å². The number of hydrogen-bond donors (Lipinski definition) is 1. The monoisotopic (exact) mass is 296 g/mol. The van der Waals surface area contributed by atoms with E-state index in [0.29, 0.717) is 22.1 Å². The Labute approximate surface area is 121 Å². The highest BCUT2D eigenvalue weighted by Gasteiger charge is 2.19. The lowest BCUT2D eigenvalue weighted by molar-refractivity contribution is 0.209. The number of aliphatic hydroxyl groups is 1. The molecule has 0 fully saturated rings. The van der Waals surface area contributed by atoms with Gasteiger partial charge in [0.25, 0.3) is 0 Å². The van der Waals surface area contributed by atoms with Crippen LogP contribution in [-0.2, 0) is 0 Å². The number of hydrogen-bond acceptors (Lipinski definition) is 3. The van der Waals surface area contributed by atoms with Crippen molar-refractivity contribution in [3.05, 3.63) is 58.4 Å². The van der Waals surface area contributed by atoms with Crippen LogP contribution in [0.5, 0.6) is 11.5 Å². The number of aliphatic hydroxyl groups excluding tert-OH is 1. The zero-order valence-electron chi connectivity index (χ0n) is 11.1. The molecule has 1 unspecified atom stereocenters. The Hall–Kier alpha value is -1.78. The summed E-state index contributed by atoms with van der Waals surface area (Å²) in [5.41, 5.74) is 0.537.